The second-order valence-electron chi connectivity index (χ2n) is 2.41. The number of aryl methyl sites for hydroxylation is 1. The fraction of sp³-hybridized carbons (Fsp3) is 0.500. The van der Waals surface area contributed by atoms with Crippen molar-refractivity contribution in [3.8, 4) is 0 Å². The van der Waals surface area contributed by atoms with Crippen LogP contribution in [0.2, 0.25) is 0 Å². The zero-order valence-corrected chi connectivity index (χ0v) is 6.80. The smallest absolute Gasteiger partial charge is 0.156 e. The highest BCUT2D eigenvalue weighted by atomic mass is 19.2. The van der Waals surface area contributed by atoms with Crippen molar-refractivity contribution in [2.24, 2.45) is 0 Å². The summed E-state index contributed by atoms with van der Waals surface area (Å²) in [5.74, 6) is 0.643. The normalized spacial score (nSPS) is 12.9. The van der Waals surface area contributed by atoms with E-state index in [2.05, 4.69) is 9.97 Å². The summed E-state index contributed by atoms with van der Waals surface area (Å²) in [5, 5.41) is 0. The van der Waals surface area contributed by atoms with Gasteiger partial charge in [0.1, 0.15) is 12.5 Å². The molecule has 0 aliphatic rings. The number of halogens is 2. The number of hydrogen-bond donors (Lipinski definition) is 0. The van der Waals surface area contributed by atoms with Gasteiger partial charge in [-0.15, -0.1) is 0 Å². The molecule has 1 rings (SSSR count). The lowest BCUT2D eigenvalue weighted by molar-refractivity contribution is 0.265. The van der Waals surface area contributed by atoms with E-state index in [4.69, 9.17) is 0 Å². The van der Waals surface area contributed by atoms with Gasteiger partial charge in [-0.2, -0.15) is 0 Å². The predicted molar refractivity (Wildman–Crippen MR) is 41.2 cm³/mol. The topological polar surface area (TPSA) is 25.8 Å². The summed E-state index contributed by atoms with van der Waals surface area (Å²) in [6, 6.07) is 0. The SMILES string of the molecule is CCc1ncc(C(F)CF)cn1. The molecule has 0 radical (unpaired) electrons. The molecule has 0 bridgehead atoms. The van der Waals surface area contributed by atoms with Crippen molar-refractivity contribution in [1.29, 1.82) is 0 Å². The summed E-state index contributed by atoms with van der Waals surface area (Å²) in [6.45, 7) is 0.881. The first kappa shape index (κ1) is 9.03. The van der Waals surface area contributed by atoms with Crippen LogP contribution >= 0.6 is 0 Å². The Hall–Kier alpha value is -1.06. The third kappa shape index (κ3) is 1.96. The van der Waals surface area contributed by atoms with Gasteiger partial charge in [0, 0.05) is 24.4 Å². The van der Waals surface area contributed by atoms with Crippen LogP contribution in [0.25, 0.3) is 0 Å². The van der Waals surface area contributed by atoms with Gasteiger partial charge in [-0.25, -0.2) is 18.7 Å². The van der Waals surface area contributed by atoms with Crippen LogP contribution in [0.1, 0.15) is 24.5 Å². The van der Waals surface area contributed by atoms with Crippen LogP contribution in [0.15, 0.2) is 12.4 Å². The summed E-state index contributed by atoms with van der Waals surface area (Å²) >= 11 is 0. The van der Waals surface area contributed by atoms with E-state index in [0.29, 0.717) is 12.2 Å². The summed E-state index contributed by atoms with van der Waals surface area (Å²) in [4.78, 5) is 7.70. The molecule has 1 aromatic rings. The van der Waals surface area contributed by atoms with Crippen LogP contribution in [-0.4, -0.2) is 16.6 Å². The first-order chi connectivity index (χ1) is 5.77. The van der Waals surface area contributed by atoms with Gasteiger partial charge in [0.15, 0.2) is 6.17 Å². The molecular weight excluding hydrogens is 162 g/mol. The maximum atomic E-state index is 12.6. The molecule has 12 heavy (non-hydrogen) atoms. The number of hydrogen-bond acceptors (Lipinski definition) is 2. The first-order valence-electron chi connectivity index (χ1n) is 3.78. The van der Waals surface area contributed by atoms with E-state index in [1.807, 2.05) is 6.92 Å². The standard InChI is InChI=1S/C8H10F2N2/c1-2-8-11-4-6(5-12-8)7(10)3-9/h4-5,7H,2-3H2,1H3. The van der Waals surface area contributed by atoms with Gasteiger partial charge in [0.25, 0.3) is 0 Å². The highest BCUT2D eigenvalue weighted by Crippen LogP contribution is 2.15. The van der Waals surface area contributed by atoms with Crippen molar-refractivity contribution in [3.05, 3.63) is 23.8 Å². The van der Waals surface area contributed by atoms with Crippen molar-refractivity contribution < 1.29 is 8.78 Å². The van der Waals surface area contributed by atoms with Crippen LogP contribution in [0, 0.1) is 0 Å². The van der Waals surface area contributed by atoms with E-state index in [9.17, 15) is 8.78 Å². The second kappa shape index (κ2) is 4.09. The minimum Gasteiger partial charge on any atom is -0.248 e. The number of nitrogens with zero attached hydrogens (tertiary/aromatic N) is 2. The molecule has 0 N–H and O–H groups in total. The Morgan fingerprint density at radius 2 is 2.00 bits per heavy atom. The molecule has 0 aromatic carbocycles. The lowest BCUT2D eigenvalue weighted by atomic mass is 10.2. The average Bonchev–Trinajstić information content (AvgIpc) is 2.17. The van der Waals surface area contributed by atoms with Crippen LogP contribution in [0.5, 0.6) is 0 Å². The fourth-order valence-corrected chi connectivity index (χ4v) is 0.798. The van der Waals surface area contributed by atoms with Crippen molar-refractivity contribution in [3.63, 3.8) is 0 Å². The fourth-order valence-electron chi connectivity index (χ4n) is 0.798. The molecule has 1 unspecified atom stereocenters. The van der Waals surface area contributed by atoms with E-state index in [1.165, 1.54) is 12.4 Å². The largest absolute Gasteiger partial charge is 0.248 e. The Morgan fingerprint density at radius 3 is 2.42 bits per heavy atom. The van der Waals surface area contributed by atoms with Crippen molar-refractivity contribution in [2.45, 2.75) is 19.5 Å². The number of alkyl halides is 2. The molecular formula is C8H10F2N2. The van der Waals surface area contributed by atoms with Crippen molar-refractivity contribution >= 4 is 0 Å². The monoisotopic (exact) mass is 172 g/mol. The van der Waals surface area contributed by atoms with Crippen LogP contribution in [0.4, 0.5) is 8.78 Å². The quantitative estimate of drug-likeness (QED) is 0.697. The van der Waals surface area contributed by atoms with Crippen molar-refractivity contribution in [2.75, 3.05) is 6.67 Å². The van der Waals surface area contributed by atoms with Gasteiger partial charge in [-0.1, -0.05) is 6.92 Å². The van der Waals surface area contributed by atoms with E-state index in [1.54, 1.807) is 0 Å². The molecule has 0 fully saturated rings. The highest BCUT2D eigenvalue weighted by Gasteiger charge is 2.09. The van der Waals surface area contributed by atoms with Crippen LogP contribution in [-0.2, 0) is 6.42 Å². The van der Waals surface area contributed by atoms with Crippen LogP contribution < -0.4 is 0 Å². The first-order valence-corrected chi connectivity index (χ1v) is 3.78. The Balaban J connectivity index is 2.77. The zero-order chi connectivity index (χ0) is 8.97. The summed E-state index contributed by atoms with van der Waals surface area (Å²) in [7, 11) is 0. The minimum atomic E-state index is -1.59. The van der Waals surface area contributed by atoms with Gasteiger partial charge >= 0.3 is 0 Å². The van der Waals surface area contributed by atoms with Crippen molar-refractivity contribution in [1.82, 2.24) is 9.97 Å². The van der Waals surface area contributed by atoms with Gasteiger partial charge in [0.05, 0.1) is 0 Å². The molecule has 0 saturated heterocycles. The van der Waals surface area contributed by atoms with E-state index in [0.717, 1.165) is 0 Å². The summed E-state index contributed by atoms with van der Waals surface area (Å²) in [5.41, 5.74) is 0.203. The molecule has 0 aliphatic carbocycles. The lowest BCUT2D eigenvalue weighted by Crippen LogP contribution is -1.98. The molecule has 4 heteroatoms. The number of aromatic nitrogens is 2. The van der Waals surface area contributed by atoms with Gasteiger partial charge in [-0.05, 0) is 0 Å². The third-order valence-corrected chi connectivity index (χ3v) is 1.54. The molecule has 0 spiro atoms. The molecule has 1 atom stereocenters. The Kier molecular flexibility index (Phi) is 3.08. The van der Waals surface area contributed by atoms with Gasteiger partial charge in [-0.3, -0.25) is 0 Å². The second-order valence-corrected chi connectivity index (χ2v) is 2.41. The molecule has 2 nitrogen and oxygen atoms in total. The molecule has 0 aliphatic heterocycles. The highest BCUT2D eigenvalue weighted by molar-refractivity contribution is 5.08. The molecule has 0 saturated carbocycles. The lowest BCUT2D eigenvalue weighted by Gasteiger charge is -2.02. The van der Waals surface area contributed by atoms with Gasteiger partial charge < -0.3 is 0 Å². The summed E-state index contributed by atoms with van der Waals surface area (Å²) in [6.07, 6.45) is 1.77. The maximum Gasteiger partial charge on any atom is 0.156 e. The van der Waals surface area contributed by atoms with Crippen LogP contribution in [0.3, 0.4) is 0 Å². The zero-order valence-electron chi connectivity index (χ0n) is 6.80. The third-order valence-electron chi connectivity index (χ3n) is 1.54. The Labute approximate surface area is 69.7 Å². The predicted octanol–water partition coefficient (Wildman–Crippen LogP) is 2.02. The number of rotatable bonds is 3. The summed E-state index contributed by atoms with van der Waals surface area (Å²) < 4.78 is 24.5. The molecule has 1 aromatic heterocycles. The maximum absolute atomic E-state index is 12.6. The molecule has 0 amide bonds. The molecule has 66 valence electrons. The molecule has 1 heterocycles. The van der Waals surface area contributed by atoms with E-state index in [-0.39, 0.29) is 5.56 Å². The Bertz CT molecular complexity index is 235. The van der Waals surface area contributed by atoms with E-state index >= 15 is 0 Å². The van der Waals surface area contributed by atoms with Gasteiger partial charge in [0.2, 0.25) is 0 Å². The Morgan fingerprint density at radius 1 is 1.42 bits per heavy atom. The average molecular weight is 172 g/mol. The van der Waals surface area contributed by atoms with E-state index < -0.39 is 12.8 Å². The minimum absolute atomic E-state index is 0.203.